The molecule has 0 aromatic heterocycles. The van der Waals surface area contributed by atoms with E-state index in [0.29, 0.717) is 0 Å². The lowest BCUT2D eigenvalue weighted by atomic mass is 10.1. The molecule has 1 aromatic rings. The van der Waals surface area contributed by atoms with Crippen LogP contribution in [0.2, 0.25) is 0 Å². The zero-order valence-electron chi connectivity index (χ0n) is 10.4. The first kappa shape index (κ1) is 13.4. The van der Waals surface area contributed by atoms with Crippen molar-refractivity contribution < 1.29 is 4.79 Å². The van der Waals surface area contributed by atoms with Crippen molar-refractivity contribution in [2.24, 2.45) is 0 Å². The Morgan fingerprint density at radius 2 is 2.39 bits per heavy atom. The van der Waals surface area contributed by atoms with Gasteiger partial charge in [-0.15, -0.1) is 0 Å². The minimum absolute atomic E-state index is 0.0481. The van der Waals surface area contributed by atoms with Gasteiger partial charge in [0.2, 0.25) is 0 Å². The number of nitrogens with zero attached hydrogens (tertiary/aromatic N) is 1. The number of hydrogen-bond donors (Lipinski definition) is 2. The molecule has 2 amide bonds. The summed E-state index contributed by atoms with van der Waals surface area (Å²) < 4.78 is 1.09. The number of hydrogen-bond acceptors (Lipinski definition) is 2. The van der Waals surface area contributed by atoms with Gasteiger partial charge in [0.1, 0.15) is 0 Å². The third-order valence-corrected chi connectivity index (χ3v) is 3.62. The second kappa shape index (κ2) is 6.20. The second-order valence-corrected chi connectivity index (χ2v) is 5.37. The summed E-state index contributed by atoms with van der Waals surface area (Å²) in [7, 11) is 0. The summed E-state index contributed by atoms with van der Waals surface area (Å²) in [4.78, 5) is 13.2. The molecule has 1 saturated heterocycles. The van der Waals surface area contributed by atoms with Gasteiger partial charge in [0.15, 0.2) is 0 Å². The van der Waals surface area contributed by atoms with Crippen LogP contribution in [0.1, 0.15) is 18.5 Å². The Morgan fingerprint density at radius 3 is 3.06 bits per heavy atom. The van der Waals surface area contributed by atoms with Crippen LogP contribution in [0.15, 0.2) is 28.7 Å². The van der Waals surface area contributed by atoms with Crippen molar-refractivity contribution in [3.8, 4) is 0 Å². The van der Waals surface area contributed by atoms with Crippen LogP contribution in [0.5, 0.6) is 0 Å². The standard InChI is InChI=1S/C13H18BrN3O/c1-10(11-3-2-4-12(14)9-11)15-5-7-17-8-6-16-13(17)18/h2-4,9-10,15H,5-8H2,1H3,(H,16,18)/t10-/m0/s1. The van der Waals surface area contributed by atoms with Crippen LogP contribution in [-0.4, -0.2) is 37.1 Å². The van der Waals surface area contributed by atoms with Gasteiger partial charge in [-0.25, -0.2) is 4.79 Å². The summed E-state index contributed by atoms with van der Waals surface area (Å²) >= 11 is 3.47. The maximum absolute atomic E-state index is 11.3. The Balaban J connectivity index is 1.78. The highest BCUT2D eigenvalue weighted by atomic mass is 79.9. The van der Waals surface area contributed by atoms with E-state index >= 15 is 0 Å². The van der Waals surface area contributed by atoms with E-state index in [9.17, 15) is 4.79 Å². The monoisotopic (exact) mass is 311 g/mol. The van der Waals surface area contributed by atoms with Gasteiger partial charge in [0.25, 0.3) is 0 Å². The predicted molar refractivity (Wildman–Crippen MR) is 75.5 cm³/mol. The van der Waals surface area contributed by atoms with Gasteiger partial charge in [-0.1, -0.05) is 28.1 Å². The Kier molecular flexibility index (Phi) is 4.60. The molecule has 1 aliphatic rings. The van der Waals surface area contributed by atoms with Crippen molar-refractivity contribution >= 4 is 22.0 Å². The van der Waals surface area contributed by atoms with E-state index in [0.717, 1.165) is 30.7 Å². The number of benzene rings is 1. The molecule has 1 aliphatic heterocycles. The molecule has 4 nitrogen and oxygen atoms in total. The fourth-order valence-electron chi connectivity index (χ4n) is 2.03. The van der Waals surface area contributed by atoms with Crippen LogP contribution in [0.25, 0.3) is 0 Å². The molecule has 0 radical (unpaired) electrons. The first-order chi connectivity index (χ1) is 8.66. The van der Waals surface area contributed by atoms with Crippen LogP contribution in [-0.2, 0) is 0 Å². The average Bonchev–Trinajstić information content (AvgIpc) is 2.75. The normalized spacial score (nSPS) is 16.8. The van der Waals surface area contributed by atoms with Gasteiger partial charge in [0, 0.05) is 36.7 Å². The van der Waals surface area contributed by atoms with E-state index < -0.39 is 0 Å². The molecule has 1 aromatic carbocycles. The molecule has 1 fully saturated rings. The Hall–Kier alpha value is -1.07. The van der Waals surface area contributed by atoms with Gasteiger partial charge in [-0.3, -0.25) is 0 Å². The molecule has 0 spiro atoms. The predicted octanol–water partition coefficient (Wildman–Crippen LogP) is 2.12. The third-order valence-electron chi connectivity index (χ3n) is 3.13. The summed E-state index contributed by atoms with van der Waals surface area (Å²) in [5.41, 5.74) is 1.25. The average molecular weight is 312 g/mol. The topological polar surface area (TPSA) is 44.4 Å². The number of halogens is 1. The highest BCUT2D eigenvalue weighted by molar-refractivity contribution is 9.10. The fraction of sp³-hybridized carbons (Fsp3) is 0.462. The van der Waals surface area contributed by atoms with E-state index in [4.69, 9.17) is 0 Å². The number of nitrogens with one attached hydrogen (secondary N) is 2. The number of rotatable bonds is 5. The maximum Gasteiger partial charge on any atom is 0.317 e. The number of urea groups is 1. The minimum atomic E-state index is 0.0481. The zero-order chi connectivity index (χ0) is 13.0. The van der Waals surface area contributed by atoms with Crippen molar-refractivity contribution in [3.63, 3.8) is 0 Å². The number of carbonyl (C=O) groups excluding carboxylic acids is 1. The van der Waals surface area contributed by atoms with Crippen LogP contribution in [0, 0.1) is 0 Å². The molecular formula is C13H18BrN3O. The summed E-state index contributed by atoms with van der Waals surface area (Å²) in [6, 6.07) is 8.60. The summed E-state index contributed by atoms with van der Waals surface area (Å²) in [6.07, 6.45) is 0. The van der Waals surface area contributed by atoms with Gasteiger partial charge >= 0.3 is 6.03 Å². The number of carbonyl (C=O) groups is 1. The van der Waals surface area contributed by atoms with Gasteiger partial charge < -0.3 is 15.5 Å². The Morgan fingerprint density at radius 1 is 1.56 bits per heavy atom. The number of amides is 2. The zero-order valence-corrected chi connectivity index (χ0v) is 12.0. The molecule has 98 valence electrons. The van der Waals surface area contributed by atoms with Gasteiger partial charge in [0.05, 0.1) is 0 Å². The van der Waals surface area contributed by atoms with Crippen LogP contribution in [0.3, 0.4) is 0 Å². The van der Waals surface area contributed by atoms with Crippen molar-refractivity contribution in [1.82, 2.24) is 15.5 Å². The molecule has 0 aliphatic carbocycles. The highest BCUT2D eigenvalue weighted by Gasteiger charge is 2.18. The third kappa shape index (κ3) is 3.46. The van der Waals surface area contributed by atoms with E-state index in [1.54, 1.807) is 0 Å². The Bertz CT molecular complexity index is 424. The van der Waals surface area contributed by atoms with E-state index in [1.165, 1.54) is 5.56 Å². The molecule has 2 N–H and O–H groups in total. The quantitative estimate of drug-likeness (QED) is 0.875. The molecule has 0 unspecified atom stereocenters. The fourth-order valence-corrected chi connectivity index (χ4v) is 2.45. The van der Waals surface area contributed by atoms with E-state index in [-0.39, 0.29) is 12.1 Å². The summed E-state index contributed by atoms with van der Waals surface area (Å²) in [5, 5.41) is 6.23. The highest BCUT2D eigenvalue weighted by Crippen LogP contribution is 2.17. The maximum atomic E-state index is 11.3. The summed E-state index contributed by atoms with van der Waals surface area (Å²) in [5.74, 6) is 0. The largest absolute Gasteiger partial charge is 0.336 e. The molecule has 1 atom stereocenters. The van der Waals surface area contributed by atoms with E-state index in [2.05, 4.69) is 45.6 Å². The Labute approximate surface area is 116 Å². The SMILES string of the molecule is C[C@H](NCCN1CCNC1=O)c1cccc(Br)c1. The van der Waals surface area contributed by atoms with Crippen LogP contribution in [0.4, 0.5) is 4.79 Å². The lowest BCUT2D eigenvalue weighted by Crippen LogP contribution is -2.35. The molecule has 2 rings (SSSR count). The van der Waals surface area contributed by atoms with Crippen LogP contribution < -0.4 is 10.6 Å². The van der Waals surface area contributed by atoms with E-state index in [1.807, 2.05) is 17.0 Å². The smallest absolute Gasteiger partial charge is 0.317 e. The van der Waals surface area contributed by atoms with Gasteiger partial charge in [-0.05, 0) is 24.6 Å². The lowest BCUT2D eigenvalue weighted by molar-refractivity contribution is 0.217. The lowest BCUT2D eigenvalue weighted by Gasteiger charge is -2.18. The first-order valence-corrected chi connectivity index (χ1v) is 6.98. The molecular weight excluding hydrogens is 294 g/mol. The molecule has 1 heterocycles. The second-order valence-electron chi connectivity index (χ2n) is 4.45. The molecule has 5 heteroatoms. The van der Waals surface area contributed by atoms with Crippen molar-refractivity contribution in [1.29, 1.82) is 0 Å². The van der Waals surface area contributed by atoms with Crippen molar-refractivity contribution in [2.45, 2.75) is 13.0 Å². The van der Waals surface area contributed by atoms with Crippen molar-refractivity contribution in [2.75, 3.05) is 26.2 Å². The molecule has 0 saturated carbocycles. The van der Waals surface area contributed by atoms with Gasteiger partial charge in [-0.2, -0.15) is 0 Å². The molecule has 18 heavy (non-hydrogen) atoms. The summed E-state index contributed by atoms with van der Waals surface area (Å²) in [6.45, 7) is 5.27. The van der Waals surface area contributed by atoms with Crippen molar-refractivity contribution in [3.05, 3.63) is 34.3 Å². The molecule has 0 bridgehead atoms. The first-order valence-electron chi connectivity index (χ1n) is 6.18. The minimum Gasteiger partial charge on any atom is -0.336 e. The van der Waals surface area contributed by atoms with Crippen LogP contribution >= 0.6 is 15.9 Å².